The summed E-state index contributed by atoms with van der Waals surface area (Å²) in [7, 11) is 2.83. The van der Waals surface area contributed by atoms with E-state index in [1.165, 1.54) is 30.2 Å². The molecule has 0 bridgehead atoms. The standard InChI is InChI=1S/C20H19N3O6S/c1-27-12-9-7-11(8-10-12)23-16(20(26)29-22-23)17(24)21-18-15(19(25)28-2)13-5-3-4-6-14(13)30-18/h7-10H,3-6H2,1-2H3,(H-,21,22,24,25,26). The molecule has 2 aromatic heterocycles. The second-order valence-electron chi connectivity index (χ2n) is 6.66. The molecule has 1 aliphatic carbocycles. The quantitative estimate of drug-likeness (QED) is 0.283. The first-order chi connectivity index (χ1) is 14.5. The Labute approximate surface area is 175 Å². The summed E-state index contributed by atoms with van der Waals surface area (Å²) in [6.45, 7) is 0. The number of nitrogens with zero attached hydrogens (tertiary/aromatic N) is 2. The van der Waals surface area contributed by atoms with Gasteiger partial charge in [0.05, 0.1) is 25.7 Å². The zero-order valence-electron chi connectivity index (χ0n) is 16.4. The molecule has 0 saturated carbocycles. The molecule has 0 aliphatic heterocycles. The molecule has 3 aromatic rings. The van der Waals surface area contributed by atoms with Gasteiger partial charge in [0, 0.05) is 17.0 Å². The van der Waals surface area contributed by atoms with Crippen molar-refractivity contribution in [3.05, 3.63) is 56.4 Å². The zero-order valence-corrected chi connectivity index (χ0v) is 17.2. The van der Waals surface area contributed by atoms with Crippen LogP contribution >= 0.6 is 11.3 Å². The van der Waals surface area contributed by atoms with E-state index in [1.54, 1.807) is 24.3 Å². The number of hydrogen-bond acceptors (Lipinski definition) is 8. The first-order valence-electron chi connectivity index (χ1n) is 9.30. The molecule has 0 amide bonds. The van der Waals surface area contributed by atoms with Crippen LogP contribution in [0.5, 0.6) is 5.75 Å². The molecule has 1 aliphatic rings. The molecule has 0 spiro atoms. The topological polar surface area (TPSA) is 121 Å². The Hall–Kier alpha value is -3.40. The highest BCUT2D eigenvalue weighted by molar-refractivity contribution is 7.16. The average molecular weight is 429 g/mol. The number of aromatic nitrogens is 2. The largest absolute Gasteiger partial charge is 0.854 e. The van der Waals surface area contributed by atoms with Crippen LogP contribution in [-0.4, -0.2) is 31.4 Å². The summed E-state index contributed by atoms with van der Waals surface area (Å²) < 4.78 is 16.1. The van der Waals surface area contributed by atoms with E-state index < -0.39 is 17.5 Å². The Morgan fingerprint density at radius 1 is 1.23 bits per heavy atom. The van der Waals surface area contributed by atoms with Crippen LogP contribution in [-0.2, 0) is 17.6 Å². The number of aryl methyl sites for hydroxylation is 1. The van der Waals surface area contributed by atoms with E-state index in [-0.39, 0.29) is 10.7 Å². The summed E-state index contributed by atoms with van der Waals surface area (Å²) in [5.41, 5.74) is 0.511. The van der Waals surface area contributed by atoms with Gasteiger partial charge < -0.3 is 14.6 Å². The third-order valence-corrected chi connectivity index (χ3v) is 6.11. The maximum Gasteiger partial charge on any atom is 0.436 e. The monoisotopic (exact) mass is 429 g/mol. The van der Waals surface area contributed by atoms with Crippen molar-refractivity contribution >= 4 is 28.2 Å². The van der Waals surface area contributed by atoms with E-state index >= 15 is 0 Å². The first-order valence-corrected chi connectivity index (χ1v) is 10.1. The van der Waals surface area contributed by atoms with Crippen LogP contribution in [0, 0.1) is 0 Å². The third kappa shape index (κ3) is 3.50. The first kappa shape index (κ1) is 19.9. The van der Waals surface area contributed by atoms with Crippen molar-refractivity contribution in [2.45, 2.75) is 25.7 Å². The van der Waals surface area contributed by atoms with Crippen LogP contribution in [0.2, 0.25) is 0 Å². The zero-order chi connectivity index (χ0) is 21.3. The summed E-state index contributed by atoms with van der Waals surface area (Å²) in [6.07, 6.45) is 3.53. The number of aliphatic imine (C=N–C) groups is 1. The van der Waals surface area contributed by atoms with Gasteiger partial charge in [-0.25, -0.2) is 14.6 Å². The van der Waals surface area contributed by atoms with Gasteiger partial charge in [-0.2, -0.15) is 0 Å². The van der Waals surface area contributed by atoms with Gasteiger partial charge in [0.15, 0.2) is 0 Å². The minimum Gasteiger partial charge on any atom is -0.854 e. The number of carbonyl (C=O) groups excluding carboxylic acids is 1. The average Bonchev–Trinajstić information content (AvgIpc) is 3.33. The lowest BCUT2D eigenvalue weighted by molar-refractivity contribution is -0.673. The number of nitrogens with one attached hydrogen (secondary N) is 1. The summed E-state index contributed by atoms with van der Waals surface area (Å²) in [5, 5.41) is 15.6. The van der Waals surface area contributed by atoms with E-state index in [9.17, 15) is 14.7 Å². The van der Waals surface area contributed by atoms with Gasteiger partial charge in [0.2, 0.25) is 5.69 Å². The molecule has 0 unspecified atom stereocenters. The fraction of sp³-hybridized carbons (Fsp3) is 0.300. The molecule has 10 heteroatoms. The smallest absolute Gasteiger partial charge is 0.436 e. The number of thiophene rings is 1. The van der Waals surface area contributed by atoms with Crippen molar-refractivity contribution in [2.75, 3.05) is 14.2 Å². The molecular weight excluding hydrogens is 410 g/mol. The highest BCUT2D eigenvalue weighted by Crippen LogP contribution is 2.40. The minimum atomic E-state index is -0.861. The summed E-state index contributed by atoms with van der Waals surface area (Å²) in [5.74, 6) is -0.732. The molecule has 0 radical (unpaired) electrons. The second kappa shape index (κ2) is 8.15. The minimum absolute atomic E-state index is 0.251. The van der Waals surface area contributed by atoms with Crippen molar-refractivity contribution < 1.29 is 28.6 Å². The van der Waals surface area contributed by atoms with Crippen molar-refractivity contribution in [1.82, 2.24) is 5.27 Å². The van der Waals surface area contributed by atoms with Crippen molar-refractivity contribution in [3.63, 3.8) is 0 Å². The Morgan fingerprint density at radius 2 is 1.97 bits per heavy atom. The summed E-state index contributed by atoms with van der Waals surface area (Å²) in [4.78, 5) is 29.7. The van der Waals surface area contributed by atoms with Crippen LogP contribution < -0.4 is 20.2 Å². The number of esters is 1. The van der Waals surface area contributed by atoms with E-state index in [0.717, 1.165) is 36.1 Å². The number of H-pyrrole nitrogens is 1. The van der Waals surface area contributed by atoms with Crippen molar-refractivity contribution in [3.8, 4) is 11.4 Å². The second-order valence-corrected chi connectivity index (χ2v) is 7.75. The molecule has 0 saturated heterocycles. The molecule has 9 nitrogen and oxygen atoms in total. The van der Waals surface area contributed by atoms with Crippen molar-refractivity contribution in [1.29, 1.82) is 0 Å². The molecule has 30 heavy (non-hydrogen) atoms. The lowest BCUT2D eigenvalue weighted by Crippen LogP contribution is -2.44. The lowest BCUT2D eigenvalue weighted by atomic mass is 9.95. The SMILES string of the molecule is COC(=O)c1c(/N=C(\[O-])c2c(=O)o[nH][n+]2-c2ccc(OC)cc2)sc2c1CCCC2. The van der Waals surface area contributed by atoms with Gasteiger partial charge in [-0.15, -0.1) is 11.3 Å². The maximum atomic E-state index is 13.0. The van der Waals surface area contributed by atoms with E-state index in [4.69, 9.17) is 14.0 Å². The molecule has 1 aromatic carbocycles. The highest BCUT2D eigenvalue weighted by Gasteiger charge is 2.28. The number of hydrogen-bond donors (Lipinski definition) is 1. The molecule has 0 atom stereocenters. The fourth-order valence-corrected chi connectivity index (χ4v) is 4.70. The molecule has 4 rings (SSSR count). The lowest BCUT2D eigenvalue weighted by Gasteiger charge is -2.11. The van der Waals surface area contributed by atoms with E-state index in [2.05, 4.69) is 10.3 Å². The predicted octanol–water partition coefficient (Wildman–Crippen LogP) is 1.42. The maximum absolute atomic E-state index is 13.0. The summed E-state index contributed by atoms with van der Waals surface area (Å²) in [6, 6.07) is 6.68. The number of fused-ring (bicyclic) bond motifs is 1. The van der Waals surface area contributed by atoms with Gasteiger partial charge in [-0.1, -0.05) is 0 Å². The number of benzene rings is 1. The Bertz CT molecular complexity index is 1170. The van der Waals surface area contributed by atoms with Gasteiger partial charge in [0.25, 0.3) is 0 Å². The van der Waals surface area contributed by atoms with Crippen LogP contribution in [0.1, 0.15) is 39.3 Å². The van der Waals surface area contributed by atoms with Crippen molar-refractivity contribution in [2.24, 2.45) is 4.99 Å². The fourth-order valence-electron chi connectivity index (χ4n) is 3.46. The van der Waals surface area contributed by atoms with E-state index in [1.807, 2.05) is 0 Å². The van der Waals surface area contributed by atoms with Gasteiger partial charge in [-0.3, -0.25) is 4.52 Å². The van der Waals surface area contributed by atoms with Gasteiger partial charge >= 0.3 is 17.3 Å². The Kier molecular flexibility index (Phi) is 5.40. The van der Waals surface area contributed by atoms with Gasteiger partial charge in [-0.05, 0) is 53.3 Å². The number of methoxy groups -OCH3 is 2. The van der Waals surface area contributed by atoms with Crippen LogP contribution in [0.15, 0.2) is 38.6 Å². The van der Waals surface area contributed by atoms with Crippen LogP contribution in [0.4, 0.5) is 5.00 Å². The number of ether oxygens (including phenoxy) is 2. The Balaban J connectivity index is 1.80. The molecule has 156 valence electrons. The van der Waals surface area contributed by atoms with Crippen LogP contribution in [0.3, 0.4) is 0 Å². The summed E-state index contributed by atoms with van der Waals surface area (Å²) >= 11 is 1.29. The number of rotatable bonds is 5. The third-order valence-electron chi connectivity index (χ3n) is 4.93. The van der Waals surface area contributed by atoms with Crippen LogP contribution in [0.25, 0.3) is 5.69 Å². The normalized spacial score (nSPS) is 13.7. The Morgan fingerprint density at radius 3 is 2.67 bits per heavy atom. The predicted molar refractivity (Wildman–Crippen MR) is 106 cm³/mol. The van der Waals surface area contributed by atoms with E-state index in [0.29, 0.717) is 17.0 Å². The molecule has 2 heterocycles. The number of carbonyl (C=O) groups is 1. The van der Waals surface area contributed by atoms with Gasteiger partial charge in [0.1, 0.15) is 10.8 Å². The molecular formula is C20H19N3O6S. The highest BCUT2D eigenvalue weighted by atomic mass is 32.1. The molecule has 1 N–H and O–H groups in total. The number of aromatic amines is 1. The molecule has 0 fully saturated rings.